The van der Waals surface area contributed by atoms with Gasteiger partial charge < -0.3 is 19.9 Å². The number of ether oxygens (including phenoxy) is 1. The Bertz CT molecular complexity index is 822. The molecule has 7 nitrogen and oxygen atoms in total. The van der Waals surface area contributed by atoms with Gasteiger partial charge in [-0.05, 0) is 44.5 Å². The van der Waals surface area contributed by atoms with Gasteiger partial charge in [0.15, 0.2) is 0 Å². The molecule has 1 amide bonds. The fourth-order valence-electron chi connectivity index (χ4n) is 3.02. The zero-order chi connectivity index (χ0) is 19.4. The van der Waals surface area contributed by atoms with Gasteiger partial charge in [0.1, 0.15) is 17.5 Å². The Morgan fingerprint density at radius 3 is 2.59 bits per heavy atom. The molecule has 0 spiro atoms. The fourth-order valence-corrected chi connectivity index (χ4v) is 3.24. The van der Waals surface area contributed by atoms with E-state index in [0.717, 1.165) is 22.9 Å². The van der Waals surface area contributed by atoms with E-state index in [1.165, 1.54) is 0 Å². The van der Waals surface area contributed by atoms with E-state index < -0.39 is 0 Å². The number of hydrogen-bond acceptors (Lipinski definition) is 6. The summed E-state index contributed by atoms with van der Waals surface area (Å²) in [4.78, 5) is 24.8. The molecule has 0 bridgehead atoms. The molecule has 3 rings (SSSR count). The highest BCUT2D eigenvalue weighted by molar-refractivity contribution is 6.30. The number of halogens is 1. The molecule has 0 unspecified atom stereocenters. The molecule has 1 N–H and O–H groups in total. The number of aryl methyl sites for hydroxylation is 2. The third-order valence-electron chi connectivity index (χ3n) is 4.41. The van der Waals surface area contributed by atoms with Gasteiger partial charge in [-0.1, -0.05) is 11.6 Å². The molecular weight excluding hydrogens is 366 g/mol. The van der Waals surface area contributed by atoms with Crippen LogP contribution in [-0.4, -0.2) is 53.7 Å². The first kappa shape index (κ1) is 19.2. The van der Waals surface area contributed by atoms with Gasteiger partial charge in [0.2, 0.25) is 0 Å². The fraction of sp³-hybridized carbons (Fsp3) is 0.421. The predicted octanol–water partition coefficient (Wildman–Crippen LogP) is 3.77. The maximum absolute atomic E-state index is 11.8. The van der Waals surface area contributed by atoms with E-state index in [4.69, 9.17) is 16.3 Å². The van der Waals surface area contributed by atoms with Crippen LogP contribution in [0.2, 0.25) is 5.02 Å². The van der Waals surface area contributed by atoms with Crippen molar-refractivity contribution in [2.45, 2.75) is 20.8 Å². The lowest BCUT2D eigenvalue weighted by atomic mass is 10.2. The molecule has 1 aromatic carbocycles. The summed E-state index contributed by atoms with van der Waals surface area (Å²) in [6.45, 7) is 8.71. The summed E-state index contributed by atoms with van der Waals surface area (Å²) >= 11 is 6.03. The molecule has 0 atom stereocenters. The van der Waals surface area contributed by atoms with Gasteiger partial charge >= 0.3 is 6.09 Å². The normalized spacial score (nSPS) is 14.2. The zero-order valence-electron chi connectivity index (χ0n) is 15.8. The van der Waals surface area contributed by atoms with Gasteiger partial charge in [-0.15, -0.1) is 0 Å². The lowest BCUT2D eigenvalue weighted by Crippen LogP contribution is -2.49. The van der Waals surface area contributed by atoms with Crippen molar-refractivity contribution in [3.05, 3.63) is 40.7 Å². The third-order valence-corrected chi connectivity index (χ3v) is 4.64. The Labute approximate surface area is 164 Å². The van der Waals surface area contributed by atoms with Gasteiger partial charge in [-0.3, -0.25) is 0 Å². The predicted molar refractivity (Wildman–Crippen MR) is 107 cm³/mol. The standard InChI is InChI=1S/C19H24ClN5O2/c1-4-27-19(26)25-9-7-24(8-10-25)18-12-17(21-14(3)22-18)23-16-6-5-15(20)11-13(16)2/h5-6,11-12H,4,7-10H2,1-3H3,(H,21,22,23). The molecule has 0 saturated carbocycles. The largest absolute Gasteiger partial charge is 0.450 e. The first-order valence-electron chi connectivity index (χ1n) is 9.01. The van der Waals surface area contributed by atoms with Crippen LogP contribution in [0.1, 0.15) is 18.3 Å². The van der Waals surface area contributed by atoms with Crippen LogP contribution in [0.15, 0.2) is 24.3 Å². The van der Waals surface area contributed by atoms with E-state index in [0.29, 0.717) is 43.6 Å². The van der Waals surface area contributed by atoms with Crippen molar-refractivity contribution in [3.8, 4) is 0 Å². The first-order valence-corrected chi connectivity index (χ1v) is 9.39. The van der Waals surface area contributed by atoms with Gasteiger partial charge in [-0.2, -0.15) is 0 Å². The third kappa shape index (κ3) is 4.80. The molecule has 8 heteroatoms. The molecule has 2 heterocycles. The summed E-state index contributed by atoms with van der Waals surface area (Å²) in [6, 6.07) is 7.63. The molecule has 1 fully saturated rings. The average molecular weight is 390 g/mol. The molecule has 1 saturated heterocycles. The average Bonchev–Trinajstić information content (AvgIpc) is 2.64. The SMILES string of the molecule is CCOC(=O)N1CCN(c2cc(Nc3ccc(Cl)cc3C)nc(C)n2)CC1. The maximum Gasteiger partial charge on any atom is 0.409 e. The number of carbonyl (C=O) groups excluding carboxylic acids is 1. The number of rotatable bonds is 4. The molecule has 0 aliphatic carbocycles. The van der Waals surface area contributed by atoms with Crippen LogP contribution in [0.5, 0.6) is 0 Å². The quantitative estimate of drug-likeness (QED) is 0.858. The topological polar surface area (TPSA) is 70.6 Å². The molecular formula is C19H24ClN5O2. The van der Waals surface area contributed by atoms with E-state index in [1.54, 1.807) is 4.90 Å². The van der Waals surface area contributed by atoms with Crippen LogP contribution in [0.3, 0.4) is 0 Å². The second-order valence-electron chi connectivity index (χ2n) is 6.42. The van der Waals surface area contributed by atoms with Gasteiger partial charge in [0.25, 0.3) is 0 Å². The van der Waals surface area contributed by atoms with Crippen molar-refractivity contribution in [2.75, 3.05) is 43.0 Å². The smallest absolute Gasteiger partial charge is 0.409 e. The van der Waals surface area contributed by atoms with Crippen molar-refractivity contribution in [3.63, 3.8) is 0 Å². The van der Waals surface area contributed by atoms with E-state index in [-0.39, 0.29) is 6.09 Å². The lowest BCUT2D eigenvalue weighted by Gasteiger charge is -2.34. The Hall–Kier alpha value is -2.54. The number of nitrogens with one attached hydrogen (secondary N) is 1. The summed E-state index contributed by atoms with van der Waals surface area (Å²) in [7, 11) is 0. The van der Waals surface area contributed by atoms with Crippen LogP contribution >= 0.6 is 11.6 Å². The highest BCUT2D eigenvalue weighted by Crippen LogP contribution is 2.25. The summed E-state index contributed by atoms with van der Waals surface area (Å²) < 4.78 is 5.07. The highest BCUT2D eigenvalue weighted by Gasteiger charge is 2.23. The number of hydrogen-bond donors (Lipinski definition) is 1. The number of carbonyl (C=O) groups is 1. The minimum absolute atomic E-state index is 0.253. The number of nitrogens with zero attached hydrogens (tertiary/aromatic N) is 4. The molecule has 27 heavy (non-hydrogen) atoms. The second kappa shape index (κ2) is 8.43. The summed E-state index contributed by atoms with van der Waals surface area (Å²) in [6.07, 6.45) is -0.253. The van der Waals surface area contributed by atoms with Crippen molar-refractivity contribution < 1.29 is 9.53 Å². The van der Waals surface area contributed by atoms with E-state index >= 15 is 0 Å². The summed E-state index contributed by atoms with van der Waals surface area (Å²) in [5.41, 5.74) is 2.00. The Morgan fingerprint density at radius 1 is 1.19 bits per heavy atom. The zero-order valence-corrected chi connectivity index (χ0v) is 16.6. The first-order chi connectivity index (χ1) is 13.0. The molecule has 2 aromatic rings. The van der Waals surface area contributed by atoms with Crippen molar-refractivity contribution in [1.29, 1.82) is 0 Å². The summed E-state index contributed by atoms with van der Waals surface area (Å²) in [5, 5.41) is 4.05. The second-order valence-corrected chi connectivity index (χ2v) is 6.85. The van der Waals surface area contributed by atoms with Crippen LogP contribution in [0.25, 0.3) is 0 Å². The van der Waals surface area contributed by atoms with E-state index in [2.05, 4.69) is 20.2 Å². The van der Waals surface area contributed by atoms with Crippen molar-refractivity contribution in [1.82, 2.24) is 14.9 Å². The minimum atomic E-state index is -0.253. The van der Waals surface area contributed by atoms with Crippen molar-refractivity contribution in [2.24, 2.45) is 0 Å². The molecule has 1 aliphatic rings. The number of piperazine rings is 1. The van der Waals surface area contributed by atoms with Crippen LogP contribution in [0, 0.1) is 13.8 Å². The van der Waals surface area contributed by atoms with Gasteiger partial charge in [-0.25, -0.2) is 14.8 Å². The Balaban J connectivity index is 1.71. The maximum atomic E-state index is 11.8. The van der Waals surface area contributed by atoms with Gasteiger partial charge in [0.05, 0.1) is 6.61 Å². The van der Waals surface area contributed by atoms with Crippen LogP contribution < -0.4 is 10.2 Å². The number of amides is 1. The van der Waals surface area contributed by atoms with Crippen LogP contribution in [0.4, 0.5) is 22.1 Å². The van der Waals surface area contributed by atoms with E-state index in [1.807, 2.05) is 45.0 Å². The number of anilines is 3. The van der Waals surface area contributed by atoms with Crippen LogP contribution in [-0.2, 0) is 4.74 Å². The lowest BCUT2D eigenvalue weighted by molar-refractivity contribution is 0.105. The minimum Gasteiger partial charge on any atom is -0.450 e. The molecule has 144 valence electrons. The molecule has 0 radical (unpaired) electrons. The number of aromatic nitrogens is 2. The Morgan fingerprint density at radius 2 is 1.93 bits per heavy atom. The molecule has 1 aromatic heterocycles. The molecule has 1 aliphatic heterocycles. The Kier molecular flexibility index (Phi) is 6.01. The number of benzene rings is 1. The van der Waals surface area contributed by atoms with Gasteiger partial charge in [0, 0.05) is 43.0 Å². The van der Waals surface area contributed by atoms with Crippen molar-refractivity contribution >= 4 is 35.0 Å². The monoisotopic (exact) mass is 389 g/mol. The summed E-state index contributed by atoms with van der Waals surface area (Å²) in [5.74, 6) is 2.27. The van der Waals surface area contributed by atoms with E-state index in [9.17, 15) is 4.79 Å². The highest BCUT2D eigenvalue weighted by atomic mass is 35.5.